The number of nitrogens with zero attached hydrogens (tertiary/aromatic N) is 1. The van der Waals surface area contributed by atoms with Gasteiger partial charge in [-0.1, -0.05) is 6.92 Å². The van der Waals surface area contributed by atoms with Gasteiger partial charge in [-0.25, -0.2) is 0 Å². The minimum Gasteiger partial charge on any atom is -0.339 e. The number of amides is 1. The highest BCUT2D eigenvalue weighted by Crippen LogP contribution is 2.31. The van der Waals surface area contributed by atoms with E-state index in [1.165, 1.54) is 6.42 Å². The molecule has 1 amide bonds. The van der Waals surface area contributed by atoms with Crippen molar-refractivity contribution in [2.75, 3.05) is 6.54 Å². The zero-order valence-electron chi connectivity index (χ0n) is 6.34. The van der Waals surface area contributed by atoms with Gasteiger partial charge in [-0.2, -0.15) is 0 Å². The summed E-state index contributed by atoms with van der Waals surface area (Å²) in [6, 6.07) is 0.613. The summed E-state index contributed by atoms with van der Waals surface area (Å²) in [5.41, 5.74) is 0. The molecule has 0 bridgehead atoms. The summed E-state index contributed by atoms with van der Waals surface area (Å²) in [6.45, 7) is 3.25. The molecule has 0 aliphatic carbocycles. The van der Waals surface area contributed by atoms with Crippen molar-refractivity contribution in [3.05, 3.63) is 0 Å². The molecule has 2 aliphatic rings. The van der Waals surface area contributed by atoms with E-state index in [1.54, 1.807) is 0 Å². The maximum atomic E-state index is 11.1. The smallest absolute Gasteiger partial charge is 0.222 e. The lowest BCUT2D eigenvalue weighted by Gasteiger charge is -2.13. The fourth-order valence-corrected chi connectivity index (χ4v) is 2.16. The van der Waals surface area contributed by atoms with Gasteiger partial charge < -0.3 is 4.90 Å². The van der Waals surface area contributed by atoms with Crippen molar-refractivity contribution in [1.82, 2.24) is 4.90 Å². The van der Waals surface area contributed by atoms with Crippen LogP contribution in [0, 0.1) is 5.92 Å². The molecule has 1 unspecified atom stereocenters. The van der Waals surface area contributed by atoms with Crippen LogP contribution < -0.4 is 0 Å². The van der Waals surface area contributed by atoms with Gasteiger partial charge in [0.1, 0.15) is 0 Å². The van der Waals surface area contributed by atoms with E-state index in [4.69, 9.17) is 0 Å². The molecule has 2 fully saturated rings. The second-order valence-corrected chi connectivity index (χ2v) is 3.58. The van der Waals surface area contributed by atoms with Gasteiger partial charge >= 0.3 is 0 Å². The summed E-state index contributed by atoms with van der Waals surface area (Å²) in [6.07, 6.45) is 3.16. The van der Waals surface area contributed by atoms with Gasteiger partial charge in [0.25, 0.3) is 0 Å². The van der Waals surface area contributed by atoms with Gasteiger partial charge in [0.05, 0.1) is 0 Å². The molecule has 56 valence electrons. The normalized spacial score (nSPS) is 38.9. The molecule has 2 aliphatic heterocycles. The largest absolute Gasteiger partial charge is 0.339 e. The molecular formula is C8H13NO. The lowest BCUT2D eigenvalue weighted by Crippen LogP contribution is -2.27. The van der Waals surface area contributed by atoms with Crippen molar-refractivity contribution in [2.45, 2.75) is 32.2 Å². The Labute approximate surface area is 61.2 Å². The molecule has 2 saturated heterocycles. The van der Waals surface area contributed by atoms with Gasteiger partial charge in [0, 0.05) is 19.0 Å². The predicted molar refractivity (Wildman–Crippen MR) is 38.5 cm³/mol. The Bertz CT molecular complexity index is 167. The fourth-order valence-electron chi connectivity index (χ4n) is 2.16. The number of hydrogen-bond acceptors (Lipinski definition) is 1. The third-order valence-corrected chi connectivity index (χ3v) is 2.64. The van der Waals surface area contributed by atoms with E-state index in [1.807, 2.05) is 0 Å². The molecule has 0 N–H and O–H groups in total. The number of fused-ring (bicyclic) bond motifs is 1. The second kappa shape index (κ2) is 1.97. The quantitative estimate of drug-likeness (QED) is 0.490. The standard InChI is InChI=1S/C8H13NO/c1-6-4-7-2-3-8(10)9(7)5-6/h6-7H,2-5H2,1H3/t6-,7?/m0/s1. The summed E-state index contributed by atoms with van der Waals surface area (Å²) < 4.78 is 0. The Morgan fingerprint density at radius 2 is 2.40 bits per heavy atom. The molecule has 2 nitrogen and oxygen atoms in total. The van der Waals surface area contributed by atoms with Gasteiger partial charge in [-0.05, 0) is 18.8 Å². The fraction of sp³-hybridized carbons (Fsp3) is 0.875. The Hall–Kier alpha value is -0.530. The molecule has 2 heteroatoms. The summed E-state index contributed by atoms with van der Waals surface area (Å²) in [7, 11) is 0. The third kappa shape index (κ3) is 0.746. The predicted octanol–water partition coefficient (Wildman–Crippen LogP) is 1.02. The second-order valence-electron chi connectivity index (χ2n) is 3.58. The summed E-state index contributed by atoms with van der Waals surface area (Å²) in [4.78, 5) is 13.2. The van der Waals surface area contributed by atoms with E-state index in [-0.39, 0.29) is 0 Å². The topological polar surface area (TPSA) is 20.3 Å². The molecule has 10 heavy (non-hydrogen) atoms. The van der Waals surface area contributed by atoms with Crippen LogP contribution >= 0.6 is 0 Å². The number of carbonyl (C=O) groups excluding carboxylic acids is 1. The van der Waals surface area contributed by atoms with Crippen LogP contribution in [0.5, 0.6) is 0 Å². The lowest BCUT2D eigenvalue weighted by molar-refractivity contribution is -0.128. The molecule has 0 aromatic rings. The van der Waals surface area contributed by atoms with Crippen LogP contribution in [0.15, 0.2) is 0 Å². The highest BCUT2D eigenvalue weighted by molar-refractivity contribution is 5.79. The SMILES string of the molecule is C[C@H]1CC2CCC(=O)N2C1. The van der Waals surface area contributed by atoms with Crippen LogP contribution in [0.4, 0.5) is 0 Å². The maximum Gasteiger partial charge on any atom is 0.222 e. The molecule has 0 spiro atoms. The van der Waals surface area contributed by atoms with Crippen LogP contribution in [0.2, 0.25) is 0 Å². The molecule has 0 radical (unpaired) electrons. The van der Waals surface area contributed by atoms with E-state index in [0.717, 1.165) is 25.3 Å². The highest BCUT2D eigenvalue weighted by Gasteiger charge is 2.37. The van der Waals surface area contributed by atoms with Crippen molar-refractivity contribution in [2.24, 2.45) is 5.92 Å². The van der Waals surface area contributed by atoms with Gasteiger partial charge in [-0.15, -0.1) is 0 Å². The van der Waals surface area contributed by atoms with Crippen molar-refractivity contribution in [3.63, 3.8) is 0 Å². The number of rotatable bonds is 0. The average Bonchev–Trinajstić information content (AvgIpc) is 2.35. The van der Waals surface area contributed by atoms with Crippen molar-refractivity contribution >= 4 is 5.91 Å². The highest BCUT2D eigenvalue weighted by atomic mass is 16.2. The molecule has 0 saturated carbocycles. The van der Waals surface area contributed by atoms with Crippen LogP contribution in [0.3, 0.4) is 0 Å². The van der Waals surface area contributed by atoms with E-state index in [9.17, 15) is 4.79 Å². The monoisotopic (exact) mass is 139 g/mol. The van der Waals surface area contributed by atoms with E-state index in [0.29, 0.717) is 11.9 Å². The van der Waals surface area contributed by atoms with E-state index >= 15 is 0 Å². The van der Waals surface area contributed by atoms with Gasteiger partial charge in [-0.3, -0.25) is 4.79 Å². The Balaban J connectivity index is 2.12. The molecule has 2 atom stereocenters. The summed E-state index contributed by atoms with van der Waals surface area (Å²) in [5, 5.41) is 0. The average molecular weight is 139 g/mol. The van der Waals surface area contributed by atoms with E-state index < -0.39 is 0 Å². The Morgan fingerprint density at radius 3 is 3.10 bits per heavy atom. The molecule has 0 aromatic carbocycles. The van der Waals surface area contributed by atoms with Crippen molar-refractivity contribution < 1.29 is 4.79 Å². The molecule has 2 heterocycles. The first-order valence-electron chi connectivity index (χ1n) is 4.07. The molecule has 0 aromatic heterocycles. The van der Waals surface area contributed by atoms with Gasteiger partial charge in [0.15, 0.2) is 0 Å². The maximum absolute atomic E-state index is 11.1. The summed E-state index contributed by atoms with van der Waals surface area (Å²) >= 11 is 0. The lowest BCUT2D eigenvalue weighted by atomic mass is 10.1. The first kappa shape index (κ1) is 6.20. The van der Waals surface area contributed by atoms with E-state index in [2.05, 4.69) is 11.8 Å². The zero-order valence-corrected chi connectivity index (χ0v) is 6.34. The summed E-state index contributed by atoms with van der Waals surface area (Å²) in [5.74, 6) is 1.13. The molecular weight excluding hydrogens is 126 g/mol. The Morgan fingerprint density at radius 1 is 1.60 bits per heavy atom. The molecule has 2 rings (SSSR count). The van der Waals surface area contributed by atoms with Crippen LogP contribution in [-0.4, -0.2) is 23.4 Å². The zero-order chi connectivity index (χ0) is 7.14. The van der Waals surface area contributed by atoms with Crippen LogP contribution in [-0.2, 0) is 4.79 Å². The van der Waals surface area contributed by atoms with Crippen molar-refractivity contribution in [1.29, 1.82) is 0 Å². The van der Waals surface area contributed by atoms with Crippen molar-refractivity contribution in [3.8, 4) is 0 Å². The first-order chi connectivity index (χ1) is 4.77. The van der Waals surface area contributed by atoms with Crippen LogP contribution in [0.25, 0.3) is 0 Å². The third-order valence-electron chi connectivity index (χ3n) is 2.64. The number of carbonyl (C=O) groups is 1. The Kier molecular flexibility index (Phi) is 1.22. The minimum atomic E-state index is 0.384. The van der Waals surface area contributed by atoms with Crippen LogP contribution in [0.1, 0.15) is 26.2 Å². The van der Waals surface area contributed by atoms with Gasteiger partial charge in [0.2, 0.25) is 5.91 Å². The number of hydrogen-bond donors (Lipinski definition) is 0. The first-order valence-corrected chi connectivity index (χ1v) is 4.07. The minimum absolute atomic E-state index is 0.384.